The van der Waals surface area contributed by atoms with Crippen LogP contribution in [-0.2, 0) is 35.6 Å². The molecular weight excluding hydrogens is 574 g/mol. The first-order valence-electron chi connectivity index (χ1n) is 14.3. The highest BCUT2D eigenvalue weighted by Crippen LogP contribution is 2.23. The Morgan fingerprint density at radius 2 is 1.49 bits per heavy atom. The topological polar surface area (TPSA) is 191 Å². The Morgan fingerprint density at radius 1 is 0.884 bits per heavy atom. The highest BCUT2D eigenvalue weighted by molar-refractivity contribution is 7.89. The molecule has 2 aromatic rings. The van der Waals surface area contributed by atoms with Gasteiger partial charge in [0.2, 0.25) is 11.8 Å². The summed E-state index contributed by atoms with van der Waals surface area (Å²) in [5.41, 5.74) is 12.7. The van der Waals surface area contributed by atoms with E-state index in [1.807, 2.05) is 0 Å². The summed E-state index contributed by atoms with van der Waals surface area (Å²) >= 11 is 0. The van der Waals surface area contributed by atoms with Crippen molar-refractivity contribution in [2.45, 2.75) is 74.9 Å². The van der Waals surface area contributed by atoms with Crippen molar-refractivity contribution in [3.63, 3.8) is 0 Å². The quantitative estimate of drug-likeness (QED) is 0.143. The molecule has 6 N–H and O–H groups in total. The third kappa shape index (κ3) is 10.8. The monoisotopic (exact) mass is 617 g/mol. The van der Waals surface area contributed by atoms with Gasteiger partial charge in [-0.05, 0) is 76.2 Å². The fraction of sp³-hybridized carbons (Fsp3) is 0.467. The SMILES string of the molecule is COC(=O)N([C@H](CCCCN)C(=O)N[C@@H](Cc1ccccc1)C(=O)N[C@H](C=O)CCCCN)S(=O)(=O)c1ccc(C)cc1. The Labute approximate surface area is 253 Å². The zero-order valence-electron chi connectivity index (χ0n) is 24.7. The smallest absolute Gasteiger partial charge is 0.424 e. The number of hydrogen-bond acceptors (Lipinski definition) is 9. The number of carbonyl (C=O) groups is 4. The first kappa shape index (κ1) is 35.4. The van der Waals surface area contributed by atoms with Crippen molar-refractivity contribution in [3.8, 4) is 0 Å². The van der Waals surface area contributed by atoms with E-state index in [2.05, 4.69) is 10.6 Å². The van der Waals surface area contributed by atoms with E-state index in [0.717, 1.165) is 12.7 Å². The predicted molar refractivity (Wildman–Crippen MR) is 162 cm³/mol. The van der Waals surface area contributed by atoms with Gasteiger partial charge >= 0.3 is 6.09 Å². The van der Waals surface area contributed by atoms with Gasteiger partial charge in [0, 0.05) is 6.42 Å². The van der Waals surface area contributed by atoms with E-state index in [0.29, 0.717) is 54.8 Å². The number of benzene rings is 2. The van der Waals surface area contributed by atoms with E-state index in [9.17, 15) is 27.6 Å². The molecule has 0 saturated heterocycles. The molecule has 236 valence electrons. The number of carbonyl (C=O) groups excluding carboxylic acids is 4. The number of amides is 3. The van der Waals surface area contributed by atoms with Crippen LogP contribution in [0.3, 0.4) is 0 Å². The number of rotatable bonds is 18. The van der Waals surface area contributed by atoms with E-state index >= 15 is 0 Å². The lowest BCUT2D eigenvalue weighted by Gasteiger charge is -2.30. The fourth-order valence-corrected chi connectivity index (χ4v) is 5.95. The molecule has 0 unspecified atom stereocenters. The number of unbranched alkanes of at least 4 members (excludes halogenated alkanes) is 2. The zero-order valence-corrected chi connectivity index (χ0v) is 25.6. The van der Waals surface area contributed by atoms with Gasteiger partial charge in [-0.25, -0.2) is 13.2 Å². The summed E-state index contributed by atoms with van der Waals surface area (Å²) in [5, 5.41) is 5.31. The standard InChI is InChI=1S/C30H43N5O7S/c1-22-14-16-25(17-15-22)43(40,41)35(30(39)42-2)27(13-7-9-19-32)29(38)34-26(20-23-10-4-3-5-11-23)28(37)33-24(21-36)12-6-8-18-31/h3-5,10-11,14-17,21,24,26-27H,6-9,12-13,18-20,31-32H2,1-2H3,(H,33,37)(H,34,38)/t24-,26-,27+/m0/s1. The van der Waals surface area contributed by atoms with Gasteiger partial charge in [-0.2, -0.15) is 4.31 Å². The second-order valence-corrected chi connectivity index (χ2v) is 12.0. The van der Waals surface area contributed by atoms with E-state index in [1.54, 1.807) is 49.4 Å². The van der Waals surface area contributed by atoms with Crippen LogP contribution in [0.1, 0.15) is 49.7 Å². The number of sulfonamides is 1. The van der Waals surface area contributed by atoms with Gasteiger partial charge in [0.15, 0.2) is 0 Å². The summed E-state index contributed by atoms with van der Waals surface area (Å²) in [6.07, 6.45) is 1.78. The molecule has 43 heavy (non-hydrogen) atoms. The average molecular weight is 618 g/mol. The van der Waals surface area contributed by atoms with Crippen LogP contribution in [0.25, 0.3) is 0 Å². The molecule has 0 spiro atoms. The van der Waals surface area contributed by atoms with Gasteiger partial charge in [-0.1, -0.05) is 48.0 Å². The minimum absolute atomic E-state index is 0.0469. The van der Waals surface area contributed by atoms with Crippen LogP contribution < -0.4 is 22.1 Å². The van der Waals surface area contributed by atoms with Crippen molar-refractivity contribution < 1.29 is 32.3 Å². The first-order chi connectivity index (χ1) is 20.6. The lowest BCUT2D eigenvalue weighted by atomic mass is 10.0. The van der Waals surface area contributed by atoms with E-state index in [-0.39, 0.29) is 24.3 Å². The largest absolute Gasteiger partial charge is 0.452 e. The summed E-state index contributed by atoms with van der Waals surface area (Å²) in [6, 6.07) is 11.2. The Hall–Kier alpha value is -3.81. The molecule has 0 aromatic heterocycles. The number of aldehydes is 1. The van der Waals surface area contributed by atoms with E-state index in [4.69, 9.17) is 16.2 Å². The fourth-order valence-electron chi connectivity index (χ4n) is 4.44. The maximum atomic E-state index is 13.9. The van der Waals surface area contributed by atoms with Crippen molar-refractivity contribution in [3.05, 3.63) is 65.7 Å². The Kier molecular flexibility index (Phi) is 14.8. The number of hydrogen-bond donors (Lipinski definition) is 4. The summed E-state index contributed by atoms with van der Waals surface area (Å²) in [7, 11) is -3.53. The zero-order chi connectivity index (χ0) is 31.8. The molecule has 0 aliphatic rings. The van der Waals surface area contributed by atoms with Gasteiger partial charge in [-0.3, -0.25) is 9.59 Å². The molecule has 0 aliphatic heterocycles. The van der Waals surface area contributed by atoms with Crippen LogP contribution in [0.15, 0.2) is 59.5 Å². The molecule has 2 rings (SSSR count). The van der Waals surface area contributed by atoms with Gasteiger partial charge in [0.05, 0.1) is 18.0 Å². The number of nitrogens with zero attached hydrogens (tertiary/aromatic N) is 1. The van der Waals surface area contributed by atoms with Crippen LogP contribution >= 0.6 is 0 Å². The highest BCUT2D eigenvalue weighted by Gasteiger charge is 2.41. The first-order valence-corrected chi connectivity index (χ1v) is 15.7. The average Bonchev–Trinajstić information content (AvgIpc) is 3.00. The Balaban J connectivity index is 2.47. The minimum atomic E-state index is -4.55. The summed E-state index contributed by atoms with van der Waals surface area (Å²) < 4.78 is 32.7. The molecule has 3 atom stereocenters. The summed E-state index contributed by atoms with van der Waals surface area (Å²) in [6.45, 7) is 2.51. The number of nitrogens with one attached hydrogen (secondary N) is 2. The molecule has 2 aromatic carbocycles. The summed E-state index contributed by atoms with van der Waals surface area (Å²) in [5.74, 6) is -1.51. The molecule has 13 heteroatoms. The van der Waals surface area contributed by atoms with Gasteiger partial charge in [0.1, 0.15) is 18.4 Å². The predicted octanol–water partition coefficient (Wildman–Crippen LogP) is 1.79. The van der Waals surface area contributed by atoms with Crippen LogP contribution in [-0.4, -0.2) is 75.2 Å². The summed E-state index contributed by atoms with van der Waals surface area (Å²) in [4.78, 5) is 51.8. The third-order valence-corrected chi connectivity index (χ3v) is 8.62. The van der Waals surface area contributed by atoms with Crippen LogP contribution in [0.4, 0.5) is 4.79 Å². The van der Waals surface area contributed by atoms with Crippen molar-refractivity contribution in [1.29, 1.82) is 0 Å². The van der Waals surface area contributed by atoms with Gasteiger partial charge in [0.25, 0.3) is 10.0 Å². The lowest BCUT2D eigenvalue weighted by Crippen LogP contribution is -2.57. The molecule has 0 radical (unpaired) electrons. The van der Waals surface area contributed by atoms with Crippen LogP contribution in [0.2, 0.25) is 0 Å². The highest BCUT2D eigenvalue weighted by atomic mass is 32.2. The van der Waals surface area contributed by atoms with Crippen molar-refractivity contribution in [1.82, 2.24) is 14.9 Å². The molecule has 0 aliphatic carbocycles. The lowest BCUT2D eigenvalue weighted by molar-refractivity contribution is -0.131. The third-order valence-electron chi connectivity index (χ3n) is 6.83. The molecule has 0 bridgehead atoms. The van der Waals surface area contributed by atoms with E-state index in [1.165, 1.54) is 12.1 Å². The molecule has 3 amide bonds. The second-order valence-electron chi connectivity index (χ2n) is 10.2. The van der Waals surface area contributed by atoms with Crippen molar-refractivity contribution in [2.24, 2.45) is 11.5 Å². The van der Waals surface area contributed by atoms with Gasteiger partial charge in [-0.15, -0.1) is 0 Å². The maximum absolute atomic E-state index is 13.9. The molecule has 0 saturated carbocycles. The molecule has 0 fully saturated rings. The Bertz CT molecular complexity index is 1290. The van der Waals surface area contributed by atoms with Crippen LogP contribution in [0.5, 0.6) is 0 Å². The number of aryl methyl sites for hydroxylation is 1. The van der Waals surface area contributed by atoms with Crippen LogP contribution in [0, 0.1) is 6.92 Å². The molecule has 12 nitrogen and oxygen atoms in total. The van der Waals surface area contributed by atoms with E-state index < -0.39 is 46.1 Å². The van der Waals surface area contributed by atoms with Crippen molar-refractivity contribution >= 4 is 34.2 Å². The molecule has 0 heterocycles. The number of ether oxygens (including phenoxy) is 1. The van der Waals surface area contributed by atoms with Crippen molar-refractivity contribution in [2.75, 3.05) is 20.2 Å². The molecular formula is C30H43N5O7S. The number of nitrogens with two attached hydrogens (primary N) is 2. The minimum Gasteiger partial charge on any atom is -0.452 e. The second kappa shape index (κ2) is 18.0. The number of methoxy groups -OCH3 is 1. The maximum Gasteiger partial charge on any atom is 0.424 e. The van der Waals surface area contributed by atoms with Gasteiger partial charge < -0.3 is 31.6 Å². The Morgan fingerprint density at radius 3 is 2.05 bits per heavy atom. The normalized spacial score (nSPS) is 13.3.